The van der Waals surface area contributed by atoms with Crippen molar-refractivity contribution in [2.24, 2.45) is 5.10 Å². The number of hydrogen-bond donors (Lipinski definition) is 1. The van der Waals surface area contributed by atoms with Gasteiger partial charge in [0.1, 0.15) is 0 Å². The summed E-state index contributed by atoms with van der Waals surface area (Å²) >= 11 is 5.89. The topological polar surface area (TPSA) is 89.5 Å². The van der Waals surface area contributed by atoms with E-state index < -0.39 is 10.8 Å². The number of nitro benzene ring substituents is 1. The number of amides is 1. The molecule has 0 radical (unpaired) electrons. The first kappa shape index (κ1) is 17.4. The van der Waals surface area contributed by atoms with Crippen molar-refractivity contribution in [3.8, 4) is 5.69 Å². The fraction of sp³-hybridized carbons (Fsp3) is 0. The normalized spacial score (nSPS) is 10.8. The van der Waals surface area contributed by atoms with Crippen LogP contribution in [0.3, 0.4) is 0 Å². The second-order valence-electron chi connectivity index (χ2n) is 5.29. The second-order valence-corrected chi connectivity index (χ2v) is 5.72. The van der Waals surface area contributed by atoms with Crippen LogP contribution in [-0.4, -0.2) is 21.6 Å². The van der Waals surface area contributed by atoms with Crippen LogP contribution in [0.15, 0.2) is 72.0 Å². The third-order valence-electron chi connectivity index (χ3n) is 3.57. The van der Waals surface area contributed by atoms with Gasteiger partial charge in [0.05, 0.1) is 16.8 Å². The first-order valence-electron chi connectivity index (χ1n) is 7.56. The molecule has 7 nitrogen and oxygen atoms in total. The van der Waals surface area contributed by atoms with Crippen LogP contribution in [0.4, 0.5) is 5.69 Å². The molecule has 0 unspecified atom stereocenters. The molecule has 0 saturated carbocycles. The second kappa shape index (κ2) is 7.62. The van der Waals surface area contributed by atoms with Gasteiger partial charge in [0, 0.05) is 34.6 Å². The minimum Gasteiger partial charge on any atom is -0.316 e. The Kier molecular flexibility index (Phi) is 5.09. The molecule has 1 heterocycles. The molecule has 1 aromatic heterocycles. The predicted octanol–water partition coefficient (Wildman–Crippen LogP) is 3.80. The van der Waals surface area contributed by atoms with Crippen molar-refractivity contribution in [1.82, 2.24) is 9.99 Å². The van der Waals surface area contributed by atoms with Gasteiger partial charge in [-0.25, -0.2) is 5.43 Å². The van der Waals surface area contributed by atoms with Gasteiger partial charge in [-0.2, -0.15) is 5.10 Å². The third kappa shape index (κ3) is 3.96. The highest BCUT2D eigenvalue weighted by atomic mass is 35.5. The number of halogens is 1. The zero-order chi connectivity index (χ0) is 18.5. The Hall–Kier alpha value is -3.45. The third-order valence-corrected chi connectivity index (χ3v) is 3.82. The van der Waals surface area contributed by atoms with Crippen molar-refractivity contribution in [3.05, 3.63) is 93.3 Å². The van der Waals surface area contributed by atoms with Crippen molar-refractivity contribution in [1.29, 1.82) is 0 Å². The van der Waals surface area contributed by atoms with E-state index in [0.717, 1.165) is 11.4 Å². The summed E-state index contributed by atoms with van der Waals surface area (Å²) in [5, 5.41) is 15.3. The summed E-state index contributed by atoms with van der Waals surface area (Å²) in [6, 6.07) is 16.4. The summed E-state index contributed by atoms with van der Waals surface area (Å²) in [7, 11) is 0. The summed E-state index contributed by atoms with van der Waals surface area (Å²) in [6.45, 7) is 0. The van der Waals surface area contributed by atoms with Crippen LogP contribution >= 0.6 is 11.6 Å². The van der Waals surface area contributed by atoms with E-state index in [0.29, 0.717) is 5.02 Å². The van der Waals surface area contributed by atoms with E-state index in [1.54, 1.807) is 12.1 Å². The molecule has 0 bridgehead atoms. The van der Waals surface area contributed by atoms with Gasteiger partial charge in [0.2, 0.25) is 0 Å². The zero-order valence-electron chi connectivity index (χ0n) is 13.4. The van der Waals surface area contributed by atoms with Crippen molar-refractivity contribution in [2.45, 2.75) is 0 Å². The lowest BCUT2D eigenvalue weighted by molar-refractivity contribution is -0.384. The standard InChI is InChI=1S/C18H13ClN4O3/c19-14-6-8-15(9-7-14)22-10-2-5-17(22)12-20-21-18(24)13-3-1-4-16(11-13)23(25)26/h1-12H,(H,21,24)/b20-12-. The molecule has 26 heavy (non-hydrogen) atoms. The molecule has 0 saturated heterocycles. The molecule has 0 fully saturated rings. The molecule has 1 amide bonds. The molecule has 0 aliphatic carbocycles. The first-order chi connectivity index (χ1) is 12.5. The van der Waals surface area contributed by atoms with Crippen LogP contribution in [0, 0.1) is 10.1 Å². The van der Waals surface area contributed by atoms with Gasteiger partial charge in [-0.05, 0) is 42.5 Å². The average molecular weight is 369 g/mol. The summed E-state index contributed by atoms with van der Waals surface area (Å²) in [5.41, 5.74) is 4.00. The van der Waals surface area contributed by atoms with E-state index in [4.69, 9.17) is 11.6 Å². The lowest BCUT2D eigenvalue weighted by Crippen LogP contribution is -2.18. The van der Waals surface area contributed by atoms with Gasteiger partial charge >= 0.3 is 0 Å². The number of benzene rings is 2. The number of nitrogens with one attached hydrogen (secondary N) is 1. The van der Waals surface area contributed by atoms with E-state index in [1.165, 1.54) is 30.5 Å². The fourth-order valence-electron chi connectivity index (χ4n) is 2.32. The van der Waals surface area contributed by atoms with Gasteiger partial charge in [-0.3, -0.25) is 14.9 Å². The number of rotatable bonds is 5. The van der Waals surface area contributed by atoms with E-state index in [9.17, 15) is 14.9 Å². The van der Waals surface area contributed by atoms with Crippen LogP contribution in [-0.2, 0) is 0 Å². The lowest BCUT2D eigenvalue weighted by Gasteiger charge is -2.06. The Balaban J connectivity index is 1.73. The molecule has 0 atom stereocenters. The summed E-state index contributed by atoms with van der Waals surface area (Å²) < 4.78 is 1.87. The Morgan fingerprint density at radius 3 is 2.65 bits per heavy atom. The smallest absolute Gasteiger partial charge is 0.271 e. The van der Waals surface area contributed by atoms with E-state index in [-0.39, 0.29) is 11.3 Å². The molecule has 130 valence electrons. The van der Waals surface area contributed by atoms with Crippen molar-refractivity contribution in [2.75, 3.05) is 0 Å². The maximum atomic E-state index is 12.1. The first-order valence-corrected chi connectivity index (χ1v) is 7.93. The molecule has 2 aromatic carbocycles. The molecular formula is C18H13ClN4O3. The van der Waals surface area contributed by atoms with Crippen LogP contribution in [0.1, 0.15) is 16.1 Å². The minimum atomic E-state index is -0.556. The van der Waals surface area contributed by atoms with Crippen molar-refractivity contribution in [3.63, 3.8) is 0 Å². The fourth-order valence-corrected chi connectivity index (χ4v) is 2.44. The number of hydrogen-bond acceptors (Lipinski definition) is 4. The molecule has 3 aromatic rings. The average Bonchev–Trinajstić information content (AvgIpc) is 3.11. The highest BCUT2D eigenvalue weighted by molar-refractivity contribution is 6.30. The van der Waals surface area contributed by atoms with Gasteiger partial charge in [-0.1, -0.05) is 17.7 Å². The highest BCUT2D eigenvalue weighted by Crippen LogP contribution is 2.15. The van der Waals surface area contributed by atoms with E-state index in [1.807, 2.05) is 35.0 Å². The number of nitro groups is 1. The SMILES string of the molecule is O=C(N/N=C\c1cccn1-c1ccc(Cl)cc1)c1cccc([N+](=O)[O-])c1. The Bertz CT molecular complexity index is 980. The van der Waals surface area contributed by atoms with Gasteiger partial charge in [-0.15, -0.1) is 0 Å². The quantitative estimate of drug-likeness (QED) is 0.422. The Morgan fingerprint density at radius 1 is 1.15 bits per heavy atom. The number of aromatic nitrogens is 1. The highest BCUT2D eigenvalue weighted by Gasteiger charge is 2.10. The molecular weight excluding hydrogens is 356 g/mol. The lowest BCUT2D eigenvalue weighted by atomic mass is 10.2. The van der Waals surface area contributed by atoms with Crippen LogP contribution in [0.2, 0.25) is 5.02 Å². The van der Waals surface area contributed by atoms with Crippen LogP contribution in [0.5, 0.6) is 0 Å². The molecule has 0 spiro atoms. The monoisotopic (exact) mass is 368 g/mol. The number of carbonyl (C=O) groups is 1. The summed E-state index contributed by atoms with van der Waals surface area (Å²) in [6.07, 6.45) is 3.34. The zero-order valence-corrected chi connectivity index (χ0v) is 14.1. The predicted molar refractivity (Wildman–Crippen MR) is 98.9 cm³/mol. The van der Waals surface area contributed by atoms with Crippen molar-refractivity contribution >= 4 is 29.4 Å². The summed E-state index contributed by atoms with van der Waals surface area (Å²) in [4.78, 5) is 22.3. The van der Waals surface area contributed by atoms with Crippen molar-refractivity contribution < 1.29 is 9.72 Å². The van der Waals surface area contributed by atoms with Crippen LogP contribution < -0.4 is 5.43 Å². The van der Waals surface area contributed by atoms with Gasteiger partial charge < -0.3 is 4.57 Å². The molecule has 1 N–H and O–H groups in total. The Morgan fingerprint density at radius 2 is 1.92 bits per heavy atom. The maximum Gasteiger partial charge on any atom is 0.271 e. The minimum absolute atomic E-state index is 0.154. The molecule has 3 rings (SSSR count). The maximum absolute atomic E-state index is 12.1. The number of non-ortho nitro benzene ring substituents is 1. The van der Waals surface area contributed by atoms with Gasteiger partial charge in [0.15, 0.2) is 0 Å². The van der Waals surface area contributed by atoms with Gasteiger partial charge in [0.25, 0.3) is 11.6 Å². The van der Waals surface area contributed by atoms with E-state index >= 15 is 0 Å². The number of hydrazone groups is 1. The molecule has 0 aliphatic rings. The Labute approximate surface area is 153 Å². The molecule has 8 heteroatoms. The number of nitrogens with zero attached hydrogens (tertiary/aromatic N) is 3. The van der Waals surface area contributed by atoms with E-state index in [2.05, 4.69) is 10.5 Å². The number of carbonyl (C=O) groups excluding carboxylic acids is 1. The summed E-state index contributed by atoms with van der Waals surface area (Å²) in [5.74, 6) is -0.533. The largest absolute Gasteiger partial charge is 0.316 e. The van der Waals surface area contributed by atoms with Crippen LogP contribution in [0.25, 0.3) is 5.69 Å². The molecule has 0 aliphatic heterocycles.